The highest BCUT2D eigenvalue weighted by atomic mass is 16.2. The second-order valence-electron chi connectivity index (χ2n) is 5.13. The van der Waals surface area contributed by atoms with Gasteiger partial charge in [-0.3, -0.25) is 9.59 Å². The molecule has 2 aliphatic rings. The monoisotopic (exact) mass is 238 g/mol. The summed E-state index contributed by atoms with van der Waals surface area (Å²) in [5, 5.41) is 2.79. The molecular formula is C13H22N2O2. The van der Waals surface area contributed by atoms with Crippen molar-refractivity contribution in [2.75, 3.05) is 19.6 Å². The first-order valence-electron chi connectivity index (χ1n) is 6.83. The summed E-state index contributed by atoms with van der Waals surface area (Å²) in [5.74, 6) is 0.362. The van der Waals surface area contributed by atoms with Crippen LogP contribution in [0.1, 0.15) is 44.9 Å². The van der Waals surface area contributed by atoms with Crippen LogP contribution >= 0.6 is 0 Å². The van der Waals surface area contributed by atoms with Crippen LogP contribution in [0.4, 0.5) is 0 Å². The van der Waals surface area contributed by atoms with E-state index in [0.717, 1.165) is 32.4 Å². The van der Waals surface area contributed by atoms with Gasteiger partial charge in [-0.1, -0.05) is 19.3 Å². The Kier molecular flexibility index (Phi) is 4.40. The number of likely N-dealkylation sites (tertiary alicyclic amines) is 1. The van der Waals surface area contributed by atoms with Crippen LogP contribution in [0.5, 0.6) is 0 Å². The van der Waals surface area contributed by atoms with Crippen molar-refractivity contribution >= 4 is 11.8 Å². The van der Waals surface area contributed by atoms with Crippen molar-refractivity contribution < 1.29 is 9.59 Å². The normalized spacial score (nSPS) is 26.9. The number of carbonyl (C=O) groups is 2. The van der Waals surface area contributed by atoms with Crippen molar-refractivity contribution in [3.63, 3.8) is 0 Å². The van der Waals surface area contributed by atoms with E-state index in [4.69, 9.17) is 0 Å². The second kappa shape index (κ2) is 6.03. The molecule has 0 aromatic carbocycles. The van der Waals surface area contributed by atoms with E-state index >= 15 is 0 Å². The van der Waals surface area contributed by atoms with Gasteiger partial charge in [-0.25, -0.2) is 0 Å². The Balaban J connectivity index is 1.86. The molecule has 0 aliphatic carbocycles. The van der Waals surface area contributed by atoms with E-state index in [1.54, 1.807) is 0 Å². The zero-order chi connectivity index (χ0) is 12.1. The van der Waals surface area contributed by atoms with Gasteiger partial charge in [0.05, 0.1) is 5.92 Å². The van der Waals surface area contributed by atoms with Crippen molar-refractivity contribution in [1.82, 2.24) is 10.2 Å². The van der Waals surface area contributed by atoms with Gasteiger partial charge in [0.1, 0.15) is 0 Å². The van der Waals surface area contributed by atoms with E-state index in [1.165, 1.54) is 19.3 Å². The summed E-state index contributed by atoms with van der Waals surface area (Å²) >= 11 is 0. The Bertz CT molecular complexity index is 273. The van der Waals surface area contributed by atoms with Crippen molar-refractivity contribution in [2.24, 2.45) is 5.92 Å². The largest absolute Gasteiger partial charge is 0.355 e. The summed E-state index contributed by atoms with van der Waals surface area (Å²) in [4.78, 5) is 25.4. The minimum absolute atomic E-state index is 0.0205. The maximum atomic E-state index is 12.3. The smallest absolute Gasteiger partial charge is 0.227 e. The molecule has 1 atom stereocenters. The SMILES string of the molecule is O=C1CCC(C(=O)N2CCCCCCC2)CN1. The lowest BCUT2D eigenvalue weighted by Gasteiger charge is -2.30. The Morgan fingerprint density at radius 2 is 1.76 bits per heavy atom. The molecule has 1 unspecified atom stereocenters. The Hall–Kier alpha value is -1.06. The molecule has 2 heterocycles. The molecule has 2 amide bonds. The maximum absolute atomic E-state index is 12.3. The van der Waals surface area contributed by atoms with E-state index in [0.29, 0.717) is 13.0 Å². The molecule has 0 radical (unpaired) electrons. The number of hydrogen-bond donors (Lipinski definition) is 1. The third kappa shape index (κ3) is 3.45. The molecule has 96 valence electrons. The summed E-state index contributed by atoms with van der Waals surface area (Å²) in [6.07, 6.45) is 7.28. The molecule has 2 saturated heterocycles. The molecule has 2 fully saturated rings. The Labute approximate surface area is 103 Å². The van der Waals surface area contributed by atoms with Gasteiger partial charge < -0.3 is 10.2 Å². The molecule has 2 rings (SSSR count). The Morgan fingerprint density at radius 3 is 2.35 bits per heavy atom. The first kappa shape index (κ1) is 12.4. The lowest BCUT2D eigenvalue weighted by molar-refractivity contribution is -0.137. The number of hydrogen-bond acceptors (Lipinski definition) is 2. The van der Waals surface area contributed by atoms with Crippen LogP contribution in [-0.4, -0.2) is 36.3 Å². The van der Waals surface area contributed by atoms with E-state index in [-0.39, 0.29) is 17.7 Å². The average Bonchev–Trinajstić information content (AvgIpc) is 2.29. The summed E-state index contributed by atoms with van der Waals surface area (Å²) in [6.45, 7) is 2.35. The minimum atomic E-state index is 0.0205. The fourth-order valence-corrected chi connectivity index (χ4v) is 2.67. The van der Waals surface area contributed by atoms with Gasteiger partial charge in [-0.05, 0) is 19.3 Å². The summed E-state index contributed by atoms with van der Waals surface area (Å²) < 4.78 is 0. The third-order valence-electron chi connectivity index (χ3n) is 3.78. The summed E-state index contributed by atoms with van der Waals surface area (Å²) in [5.41, 5.74) is 0. The highest BCUT2D eigenvalue weighted by molar-refractivity contribution is 5.83. The van der Waals surface area contributed by atoms with Gasteiger partial charge in [-0.2, -0.15) is 0 Å². The van der Waals surface area contributed by atoms with E-state index in [2.05, 4.69) is 5.32 Å². The maximum Gasteiger partial charge on any atom is 0.227 e. The zero-order valence-electron chi connectivity index (χ0n) is 10.4. The summed E-state index contributed by atoms with van der Waals surface area (Å²) in [7, 11) is 0. The van der Waals surface area contributed by atoms with Crippen molar-refractivity contribution in [1.29, 1.82) is 0 Å². The van der Waals surface area contributed by atoms with Crippen LogP contribution in [-0.2, 0) is 9.59 Å². The van der Waals surface area contributed by atoms with Gasteiger partial charge >= 0.3 is 0 Å². The number of piperidine rings is 1. The fourth-order valence-electron chi connectivity index (χ4n) is 2.67. The molecule has 0 spiro atoms. The van der Waals surface area contributed by atoms with Gasteiger partial charge in [0, 0.05) is 26.1 Å². The number of rotatable bonds is 1. The van der Waals surface area contributed by atoms with Gasteiger partial charge in [-0.15, -0.1) is 0 Å². The first-order valence-corrected chi connectivity index (χ1v) is 6.83. The van der Waals surface area contributed by atoms with Crippen LogP contribution in [0.3, 0.4) is 0 Å². The van der Waals surface area contributed by atoms with Crippen LogP contribution in [0.15, 0.2) is 0 Å². The third-order valence-corrected chi connectivity index (χ3v) is 3.78. The van der Waals surface area contributed by atoms with Crippen molar-refractivity contribution in [3.8, 4) is 0 Å². The van der Waals surface area contributed by atoms with Crippen molar-refractivity contribution in [2.45, 2.75) is 44.9 Å². The highest BCUT2D eigenvalue weighted by Crippen LogP contribution is 2.17. The standard InChI is InChI=1S/C13H22N2O2/c16-12-7-6-11(10-14-12)13(17)15-8-4-2-1-3-5-9-15/h11H,1-10H2,(H,14,16). The zero-order valence-corrected chi connectivity index (χ0v) is 10.4. The quantitative estimate of drug-likeness (QED) is 0.748. The highest BCUT2D eigenvalue weighted by Gasteiger charge is 2.28. The van der Waals surface area contributed by atoms with Crippen molar-refractivity contribution in [3.05, 3.63) is 0 Å². The molecule has 0 saturated carbocycles. The van der Waals surface area contributed by atoms with Gasteiger partial charge in [0.2, 0.25) is 11.8 Å². The summed E-state index contributed by atoms with van der Waals surface area (Å²) in [6, 6.07) is 0. The number of carbonyl (C=O) groups excluding carboxylic acids is 2. The molecule has 4 nitrogen and oxygen atoms in total. The lowest BCUT2D eigenvalue weighted by atomic mass is 9.97. The molecule has 0 aromatic heterocycles. The first-order chi connectivity index (χ1) is 8.27. The topological polar surface area (TPSA) is 49.4 Å². The molecule has 0 aromatic rings. The average molecular weight is 238 g/mol. The number of amides is 2. The molecular weight excluding hydrogens is 216 g/mol. The minimum Gasteiger partial charge on any atom is -0.355 e. The Morgan fingerprint density at radius 1 is 1.12 bits per heavy atom. The lowest BCUT2D eigenvalue weighted by Crippen LogP contribution is -2.45. The van der Waals surface area contributed by atoms with Gasteiger partial charge in [0.15, 0.2) is 0 Å². The molecule has 17 heavy (non-hydrogen) atoms. The molecule has 2 aliphatic heterocycles. The predicted molar refractivity (Wildman–Crippen MR) is 65.4 cm³/mol. The molecule has 4 heteroatoms. The van der Waals surface area contributed by atoms with E-state index < -0.39 is 0 Å². The van der Waals surface area contributed by atoms with Crippen LogP contribution in [0.2, 0.25) is 0 Å². The van der Waals surface area contributed by atoms with Crippen LogP contribution in [0, 0.1) is 5.92 Å². The van der Waals surface area contributed by atoms with Gasteiger partial charge in [0.25, 0.3) is 0 Å². The molecule has 0 bridgehead atoms. The van der Waals surface area contributed by atoms with E-state index in [1.807, 2.05) is 4.90 Å². The van der Waals surface area contributed by atoms with Crippen LogP contribution in [0.25, 0.3) is 0 Å². The second-order valence-corrected chi connectivity index (χ2v) is 5.13. The fraction of sp³-hybridized carbons (Fsp3) is 0.846. The predicted octanol–water partition coefficient (Wildman–Crippen LogP) is 1.31. The number of nitrogens with zero attached hydrogens (tertiary/aromatic N) is 1. The number of nitrogens with one attached hydrogen (secondary N) is 1. The van der Waals surface area contributed by atoms with E-state index in [9.17, 15) is 9.59 Å². The molecule has 1 N–H and O–H groups in total. The van der Waals surface area contributed by atoms with Crippen LogP contribution < -0.4 is 5.32 Å².